The summed E-state index contributed by atoms with van der Waals surface area (Å²) in [6, 6.07) is 9.32. The molecule has 0 saturated heterocycles. The maximum absolute atomic E-state index is 11.9. The van der Waals surface area contributed by atoms with Gasteiger partial charge in [-0.2, -0.15) is 5.10 Å². The number of amides is 1. The first kappa shape index (κ1) is 12.2. The molecule has 3 rings (SSSR count). The van der Waals surface area contributed by atoms with Crippen LogP contribution in [-0.4, -0.2) is 21.1 Å². The lowest BCUT2D eigenvalue weighted by atomic mass is 10.1. The minimum Gasteiger partial charge on any atom is -0.438 e. The normalized spacial score (nSPS) is 10.4. The van der Waals surface area contributed by atoms with E-state index in [-0.39, 0.29) is 11.7 Å². The molecule has 0 aliphatic rings. The minimum atomic E-state index is -0.311. The van der Waals surface area contributed by atoms with E-state index in [2.05, 4.69) is 20.5 Å². The van der Waals surface area contributed by atoms with Gasteiger partial charge in [0.25, 0.3) is 5.91 Å². The van der Waals surface area contributed by atoms with Crippen LogP contribution in [0.2, 0.25) is 0 Å². The van der Waals surface area contributed by atoms with E-state index in [1.807, 2.05) is 30.3 Å². The van der Waals surface area contributed by atoms with E-state index in [4.69, 9.17) is 4.42 Å². The van der Waals surface area contributed by atoms with Crippen LogP contribution in [0.5, 0.6) is 0 Å². The third-order valence-electron chi connectivity index (χ3n) is 2.91. The van der Waals surface area contributed by atoms with Gasteiger partial charge < -0.3 is 9.73 Å². The molecule has 0 spiro atoms. The van der Waals surface area contributed by atoms with Crippen molar-refractivity contribution in [2.45, 2.75) is 6.92 Å². The molecule has 20 heavy (non-hydrogen) atoms. The molecule has 0 unspecified atom stereocenters. The third kappa shape index (κ3) is 2.31. The Balaban J connectivity index is 1.76. The van der Waals surface area contributed by atoms with Gasteiger partial charge >= 0.3 is 0 Å². The number of oxazole rings is 1. The van der Waals surface area contributed by atoms with Gasteiger partial charge in [-0.1, -0.05) is 12.1 Å². The zero-order valence-electron chi connectivity index (χ0n) is 10.8. The largest absolute Gasteiger partial charge is 0.438 e. The topological polar surface area (TPSA) is 83.8 Å². The molecular formula is C14H12N4O2. The highest BCUT2D eigenvalue weighted by Crippen LogP contribution is 2.19. The van der Waals surface area contributed by atoms with E-state index >= 15 is 0 Å². The number of benzene rings is 1. The van der Waals surface area contributed by atoms with Crippen molar-refractivity contribution in [1.82, 2.24) is 15.2 Å². The second kappa shape index (κ2) is 5.00. The number of aromatic nitrogens is 3. The van der Waals surface area contributed by atoms with E-state index in [0.29, 0.717) is 11.4 Å². The Labute approximate surface area is 114 Å². The Morgan fingerprint density at radius 3 is 2.65 bits per heavy atom. The van der Waals surface area contributed by atoms with Crippen molar-refractivity contribution < 1.29 is 9.21 Å². The van der Waals surface area contributed by atoms with Gasteiger partial charge in [0.05, 0.1) is 11.4 Å². The molecule has 100 valence electrons. The lowest BCUT2D eigenvalue weighted by Gasteiger charge is -2.04. The van der Waals surface area contributed by atoms with Crippen LogP contribution < -0.4 is 5.32 Å². The zero-order valence-corrected chi connectivity index (χ0v) is 10.8. The predicted octanol–water partition coefficient (Wildman–Crippen LogP) is 2.63. The number of aromatic amines is 1. The van der Waals surface area contributed by atoms with Crippen molar-refractivity contribution in [3.63, 3.8) is 0 Å². The number of aryl methyl sites for hydroxylation is 1. The Morgan fingerprint density at radius 2 is 2.05 bits per heavy atom. The summed E-state index contributed by atoms with van der Waals surface area (Å²) in [5.41, 5.74) is 3.18. The summed E-state index contributed by atoms with van der Waals surface area (Å²) in [5.74, 6) is -0.0862. The maximum Gasteiger partial charge on any atom is 0.293 e. The number of carbonyl (C=O) groups excluding carboxylic acids is 1. The summed E-state index contributed by atoms with van der Waals surface area (Å²) in [7, 11) is 0. The summed E-state index contributed by atoms with van der Waals surface area (Å²) >= 11 is 0. The zero-order chi connectivity index (χ0) is 13.9. The molecule has 1 aromatic carbocycles. The summed E-state index contributed by atoms with van der Waals surface area (Å²) in [6.07, 6.45) is 2.95. The number of H-pyrrole nitrogens is 1. The van der Waals surface area contributed by atoms with Crippen LogP contribution in [0.3, 0.4) is 0 Å². The van der Waals surface area contributed by atoms with Crippen molar-refractivity contribution in [3.8, 4) is 11.3 Å². The van der Waals surface area contributed by atoms with Gasteiger partial charge in [-0.15, -0.1) is 0 Å². The molecule has 2 aromatic heterocycles. The number of carbonyl (C=O) groups is 1. The highest BCUT2D eigenvalue weighted by Gasteiger charge is 2.13. The second-order valence-corrected chi connectivity index (χ2v) is 4.27. The first-order valence-electron chi connectivity index (χ1n) is 6.05. The van der Waals surface area contributed by atoms with Crippen LogP contribution in [0.1, 0.15) is 16.2 Å². The predicted molar refractivity (Wildman–Crippen MR) is 73.2 cm³/mol. The number of hydrogen-bond acceptors (Lipinski definition) is 4. The third-order valence-corrected chi connectivity index (χ3v) is 2.91. The number of hydrogen-bond donors (Lipinski definition) is 2. The summed E-state index contributed by atoms with van der Waals surface area (Å²) in [6.45, 7) is 1.72. The van der Waals surface area contributed by atoms with Crippen molar-refractivity contribution in [2.75, 3.05) is 5.32 Å². The van der Waals surface area contributed by atoms with Gasteiger partial charge in [-0.3, -0.25) is 9.89 Å². The molecule has 2 heterocycles. The van der Waals surface area contributed by atoms with Gasteiger partial charge in [0.2, 0.25) is 5.76 Å². The number of rotatable bonds is 3. The van der Waals surface area contributed by atoms with E-state index in [1.165, 1.54) is 6.39 Å². The Morgan fingerprint density at radius 1 is 1.25 bits per heavy atom. The minimum absolute atomic E-state index is 0.225. The van der Waals surface area contributed by atoms with Crippen LogP contribution >= 0.6 is 0 Å². The summed E-state index contributed by atoms with van der Waals surface area (Å²) in [4.78, 5) is 15.8. The van der Waals surface area contributed by atoms with Crippen molar-refractivity contribution in [1.29, 1.82) is 0 Å². The molecule has 1 amide bonds. The van der Waals surface area contributed by atoms with Crippen LogP contribution in [0.25, 0.3) is 11.3 Å². The molecule has 0 aliphatic carbocycles. The Bertz CT molecular complexity index is 714. The molecule has 0 bridgehead atoms. The average molecular weight is 268 g/mol. The molecule has 0 atom stereocenters. The van der Waals surface area contributed by atoms with E-state index in [9.17, 15) is 4.79 Å². The van der Waals surface area contributed by atoms with Crippen LogP contribution in [0, 0.1) is 6.92 Å². The fourth-order valence-corrected chi connectivity index (χ4v) is 1.86. The number of nitrogens with one attached hydrogen (secondary N) is 2. The first-order valence-corrected chi connectivity index (χ1v) is 6.05. The molecule has 0 fully saturated rings. The SMILES string of the molecule is Cc1ncoc1C(=O)Nc1ccc(-c2ccn[nH]2)cc1. The van der Waals surface area contributed by atoms with Crippen molar-refractivity contribution >= 4 is 11.6 Å². The molecular weight excluding hydrogens is 256 g/mol. The van der Waals surface area contributed by atoms with Gasteiger partial charge in [-0.05, 0) is 30.7 Å². The van der Waals surface area contributed by atoms with Crippen LogP contribution in [0.4, 0.5) is 5.69 Å². The standard InChI is InChI=1S/C14H12N4O2/c1-9-13(20-8-15-9)14(19)17-11-4-2-10(3-5-11)12-6-7-16-18-12/h2-8H,1H3,(H,16,18)(H,17,19). The van der Waals surface area contributed by atoms with E-state index in [1.54, 1.807) is 13.1 Å². The number of anilines is 1. The Kier molecular flexibility index (Phi) is 3.04. The van der Waals surface area contributed by atoms with Crippen LogP contribution in [0.15, 0.2) is 47.3 Å². The van der Waals surface area contributed by atoms with E-state index < -0.39 is 0 Å². The molecule has 6 heteroatoms. The lowest BCUT2D eigenvalue weighted by Crippen LogP contribution is -2.12. The van der Waals surface area contributed by atoms with Gasteiger partial charge in [0.15, 0.2) is 6.39 Å². The average Bonchev–Trinajstić information content (AvgIpc) is 3.10. The molecule has 3 aromatic rings. The van der Waals surface area contributed by atoms with Crippen molar-refractivity contribution in [2.24, 2.45) is 0 Å². The van der Waals surface area contributed by atoms with Crippen molar-refractivity contribution in [3.05, 3.63) is 54.4 Å². The summed E-state index contributed by atoms with van der Waals surface area (Å²) in [5, 5.41) is 9.54. The Hall–Kier alpha value is -2.89. The molecule has 0 radical (unpaired) electrons. The van der Waals surface area contributed by atoms with Gasteiger partial charge in [0.1, 0.15) is 0 Å². The highest BCUT2D eigenvalue weighted by molar-refractivity contribution is 6.02. The quantitative estimate of drug-likeness (QED) is 0.764. The molecule has 6 nitrogen and oxygen atoms in total. The lowest BCUT2D eigenvalue weighted by molar-refractivity contribution is 0.0996. The fraction of sp³-hybridized carbons (Fsp3) is 0.0714. The molecule has 2 N–H and O–H groups in total. The molecule has 0 aliphatic heterocycles. The first-order chi connectivity index (χ1) is 9.74. The van der Waals surface area contributed by atoms with Crippen LogP contribution in [-0.2, 0) is 0 Å². The van der Waals surface area contributed by atoms with E-state index in [0.717, 1.165) is 11.3 Å². The fourth-order valence-electron chi connectivity index (χ4n) is 1.86. The number of nitrogens with zero attached hydrogens (tertiary/aromatic N) is 2. The highest BCUT2D eigenvalue weighted by atomic mass is 16.3. The van der Waals surface area contributed by atoms with Gasteiger partial charge in [-0.25, -0.2) is 4.98 Å². The maximum atomic E-state index is 11.9. The summed E-state index contributed by atoms with van der Waals surface area (Å²) < 4.78 is 5.04. The smallest absolute Gasteiger partial charge is 0.293 e. The monoisotopic (exact) mass is 268 g/mol. The second-order valence-electron chi connectivity index (χ2n) is 4.27. The molecule has 0 saturated carbocycles. The van der Waals surface area contributed by atoms with Gasteiger partial charge in [0, 0.05) is 11.9 Å².